The Hall–Kier alpha value is -1.86. The van der Waals surface area contributed by atoms with E-state index in [0.717, 1.165) is 23.4 Å². The lowest BCUT2D eigenvalue weighted by Gasteiger charge is -2.09. The molecule has 2 heterocycles. The number of fused-ring (bicyclic) bond motifs is 1. The van der Waals surface area contributed by atoms with Crippen LogP contribution in [0.15, 0.2) is 27.8 Å². The molecule has 0 bridgehead atoms. The van der Waals surface area contributed by atoms with Crippen molar-refractivity contribution in [2.45, 2.75) is 25.7 Å². The van der Waals surface area contributed by atoms with Gasteiger partial charge in [0.2, 0.25) is 0 Å². The molecular formula is C14H12N2OS. The summed E-state index contributed by atoms with van der Waals surface area (Å²) in [5, 5.41) is 10.1. The maximum absolute atomic E-state index is 9.28. The number of furan rings is 1. The van der Waals surface area contributed by atoms with Crippen LogP contribution < -0.4 is 0 Å². The second kappa shape index (κ2) is 4.79. The fourth-order valence-electron chi connectivity index (χ4n) is 2.24. The number of aryl methyl sites for hydroxylation is 1. The molecule has 1 aliphatic carbocycles. The van der Waals surface area contributed by atoms with Crippen LogP contribution in [0.3, 0.4) is 0 Å². The SMILES string of the molecule is N#Cc1c(/N=C/c2ccco2)sc2c1CCCC2. The predicted octanol–water partition coefficient (Wildman–Crippen LogP) is 3.84. The first-order valence-electron chi connectivity index (χ1n) is 6.00. The molecule has 0 spiro atoms. The topological polar surface area (TPSA) is 49.3 Å². The van der Waals surface area contributed by atoms with Crippen LogP contribution in [0.1, 0.15) is 34.6 Å². The summed E-state index contributed by atoms with van der Waals surface area (Å²) in [6, 6.07) is 5.98. The third kappa shape index (κ3) is 1.98. The molecule has 0 aliphatic heterocycles. The van der Waals surface area contributed by atoms with Crippen molar-refractivity contribution in [3.63, 3.8) is 0 Å². The highest BCUT2D eigenvalue weighted by atomic mass is 32.1. The van der Waals surface area contributed by atoms with E-state index in [1.165, 1.54) is 23.3 Å². The van der Waals surface area contributed by atoms with Gasteiger partial charge in [0.05, 0.1) is 18.0 Å². The van der Waals surface area contributed by atoms with Gasteiger partial charge in [-0.05, 0) is 43.4 Å². The number of rotatable bonds is 2. The summed E-state index contributed by atoms with van der Waals surface area (Å²) in [4.78, 5) is 5.74. The van der Waals surface area contributed by atoms with Gasteiger partial charge in [-0.25, -0.2) is 4.99 Å². The van der Waals surface area contributed by atoms with Gasteiger partial charge >= 0.3 is 0 Å². The van der Waals surface area contributed by atoms with E-state index < -0.39 is 0 Å². The minimum absolute atomic E-state index is 0.713. The summed E-state index contributed by atoms with van der Waals surface area (Å²) in [7, 11) is 0. The molecule has 90 valence electrons. The Morgan fingerprint density at radius 1 is 1.39 bits per heavy atom. The molecule has 3 rings (SSSR count). The molecule has 2 aromatic rings. The molecule has 0 atom stereocenters. The fourth-order valence-corrected chi connectivity index (χ4v) is 3.43. The molecule has 0 unspecified atom stereocenters. The van der Waals surface area contributed by atoms with Crippen LogP contribution in [0.4, 0.5) is 5.00 Å². The van der Waals surface area contributed by atoms with Crippen LogP contribution in [-0.4, -0.2) is 6.21 Å². The van der Waals surface area contributed by atoms with Crippen molar-refractivity contribution in [1.29, 1.82) is 5.26 Å². The third-order valence-electron chi connectivity index (χ3n) is 3.12. The summed E-state index contributed by atoms with van der Waals surface area (Å²) in [6.45, 7) is 0. The lowest BCUT2D eigenvalue weighted by atomic mass is 9.96. The maximum atomic E-state index is 9.28. The molecule has 1 aliphatic rings. The van der Waals surface area contributed by atoms with Crippen LogP contribution in [0.25, 0.3) is 0 Å². The van der Waals surface area contributed by atoms with E-state index in [1.807, 2.05) is 12.1 Å². The van der Waals surface area contributed by atoms with Crippen LogP contribution >= 0.6 is 11.3 Å². The summed E-state index contributed by atoms with van der Waals surface area (Å²) < 4.78 is 5.20. The van der Waals surface area contributed by atoms with Crippen molar-refractivity contribution in [2.24, 2.45) is 4.99 Å². The van der Waals surface area contributed by atoms with E-state index in [9.17, 15) is 5.26 Å². The second-order valence-corrected chi connectivity index (χ2v) is 5.36. The number of thiophene rings is 1. The first kappa shape index (κ1) is 11.2. The normalized spacial score (nSPS) is 14.6. The first-order valence-corrected chi connectivity index (χ1v) is 6.82. The molecule has 4 heteroatoms. The molecule has 0 fully saturated rings. The van der Waals surface area contributed by atoms with Gasteiger partial charge in [0.1, 0.15) is 16.8 Å². The number of hydrogen-bond acceptors (Lipinski definition) is 4. The molecule has 0 amide bonds. The second-order valence-electron chi connectivity index (χ2n) is 4.28. The van der Waals surface area contributed by atoms with Gasteiger partial charge in [-0.1, -0.05) is 0 Å². The maximum Gasteiger partial charge on any atom is 0.144 e. The minimum atomic E-state index is 0.713. The highest BCUT2D eigenvalue weighted by Gasteiger charge is 2.20. The lowest BCUT2D eigenvalue weighted by Crippen LogP contribution is -1.99. The smallest absolute Gasteiger partial charge is 0.144 e. The predicted molar refractivity (Wildman–Crippen MR) is 71.6 cm³/mol. The van der Waals surface area contributed by atoms with E-state index in [1.54, 1.807) is 23.8 Å². The average molecular weight is 256 g/mol. The average Bonchev–Trinajstić information content (AvgIpc) is 3.03. The molecule has 0 saturated heterocycles. The zero-order chi connectivity index (χ0) is 12.4. The van der Waals surface area contributed by atoms with Gasteiger partial charge in [-0.15, -0.1) is 11.3 Å². The number of hydrogen-bond donors (Lipinski definition) is 0. The molecule has 0 N–H and O–H groups in total. The molecule has 3 nitrogen and oxygen atoms in total. The third-order valence-corrected chi connectivity index (χ3v) is 4.32. The quantitative estimate of drug-likeness (QED) is 0.766. The molecular weight excluding hydrogens is 244 g/mol. The van der Waals surface area contributed by atoms with Gasteiger partial charge in [0.25, 0.3) is 0 Å². The molecule has 0 aromatic carbocycles. The number of nitrogens with zero attached hydrogens (tertiary/aromatic N) is 2. The number of aliphatic imine (C=N–C) groups is 1. The zero-order valence-electron chi connectivity index (χ0n) is 9.85. The fraction of sp³-hybridized carbons (Fsp3) is 0.286. The minimum Gasteiger partial charge on any atom is -0.463 e. The van der Waals surface area contributed by atoms with Gasteiger partial charge in [-0.2, -0.15) is 5.26 Å². The summed E-state index contributed by atoms with van der Waals surface area (Å²) in [5.74, 6) is 0.713. The molecule has 0 saturated carbocycles. The van der Waals surface area contributed by atoms with E-state index in [2.05, 4.69) is 11.1 Å². The standard InChI is InChI=1S/C14H12N2OS/c15-8-12-11-5-1-2-6-13(11)18-14(12)16-9-10-4-3-7-17-10/h3-4,7,9H,1-2,5-6H2/b16-9+. The van der Waals surface area contributed by atoms with Crippen LogP contribution in [0.5, 0.6) is 0 Å². The van der Waals surface area contributed by atoms with Crippen molar-refractivity contribution in [3.8, 4) is 6.07 Å². The Labute approximate surface area is 109 Å². The molecule has 0 radical (unpaired) electrons. The molecule has 2 aromatic heterocycles. The Kier molecular flexibility index (Phi) is 2.99. The Bertz CT molecular complexity index is 617. The van der Waals surface area contributed by atoms with E-state index in [4.69, 9.17) is 4.42 Å². The van der Waals surface area contributed by atoms with E-state index >= 15 is 0 Å². The van der Waals surface area contributed by atoms with Crippen molar-refractivity contribution < 1.29 is 4.42 Å². The lowest BCUT2D eigenvalue weighted by molar-refractivity contribution is 0.560. The van der Waals surface area contributed by atoms with Crippen molar-refractivity contribution >= 4 is 22.6 Å². The highest BCUT2D eigenvalue weighted by molar-refractivity contribution is 7.16. The van der Waals surface area contributed by atoms with Crippen molar-refractivity contribution in [3.05, 3.63) is 40.2 Å². The van der Waals surface area contributed by atoms with E-state index in [-0.39, 0.29) is 0 Å². The zero-order valence-corrected chi connectivity index (χ0v) is 10.7. The molecule has 18 heavy (non-hydrogen) atoms. The Balaban J connectivity index is 1.97. The van der Waals surface area contributed by atoms with Gasteiger partial charge in [0.15, 0.2) is 0 Å². The summed E-state index contributed by atoms with van der Waals surface area (Å²) in [5.41, 5.74) is 1.98. The largest absolute Gasteiger partial charge is 0.463 e. The highest BCUT2D eigenvalue weighted by Crippen LogP contribution is 2.39. The van der Waals surface area contributed by atoms with Gasteiger partial charge in [0, 0.05) is 4.88 Å². The Morgan fingerprint density at radius 2 is 2.28 bits per heavy atom. The van der Waals surface area contributed by atoms with Crippen molar-refractivity contribution in [2.75, 3.05) is 0 Å². The number of nitriles is 1. The van der Waals surface area contributed by atoms with Gasteiger partial charge < -0.3 is 4.42 Å². The van der Waals surface area contributed by atoms with Crippen molar-refractivity contribution in [1.82, 2.24) is 0 Å². The van der Waals surface area contributed by atoms with Crippen LogP contribution in [0.2, 0.25) is 0 Å². The van der Waals surface area contributed by atoms with Gasteiger partial charge in [-0.3, -0.25) is 0 Å². The Morgan fingerprint density at radius 3 is 3.06 bits per heavy atom. The first-order chi connectivity index (χ1) is 8.88. The summed E-state index contributed by atoms with van der Waals surface area (Å²) in [6.07, 6.45) is 7.81. The van der Waals surface area contributed by atoms with Crippen LogP contribution in [0, 0.1) is 11.3 Å². The summed E-state index contributed by atoms with van der Waals surface area (Å²) >= 11 is 1.65. The monoisotopic (exact) mass is 256 g/mol. The van der Waals surface area contributed by atoms with E-state index in [0.29, 0.717) is 5.76 Å². The van der Waals surface area contributed by atoms with Crippen LogP contribution in [-0.2, 0) is 12.8 Å².